The van der Waals surface area contributed by atoms with Gasteiger partial charge in [-0.2, -0.15) is 0 Å². The van der Waals surface area contributed by atoms with Crippen molar-refractivity contribution in [2.24, 2.45) is 0 Å². The van der Waals surface area contributed by atoms with Crippen molar-refractivity contribution in [1.29, 1.82) is 0 Å². The van der Waals surface area contributed by atoms with Crippen LogP contribution in [0, 0.1) is 10.1 Å². The van der Waals surface area contributed by atoms with Crippen LogP contribution in [0.1, 0.15) is 5.89 Å². The van der Waals surface area contributed by atoms with Gasteiger partial charge in [-0.15, -0.1) is 21.5 Å². The number of carbonyl (C=O) groups excluding carboxylic acids is 1. The molecule has 0 radical (unpaired) electrons. The van der Waals surface area contributed by atoms with Gasteiger partial charge in [-0.25, -0.2) is 4.98 Å². The van der Waals surface area contributed by atoms with Gasteiger partial charge in [0.2, 0.25) is 5.91 Å². The molecule has 1 amide bonds. The van der Waals surface area contributed by atoms with Crippen molar-refractivity contribution in [1.82, 2.24) is 20.2 Å². The lowest BCUT2D eigenvalue weighted by Gasteiger charge is -2.08. The molecule has 1 N–H and O–H groups in total. The zero-order valence-electron chi connectivity index (χ0n) is 21.9. The van der Waals surface area contributed by atoms with E-state index in [2.05, 4.69) is 55.8 Å². The van der Waals surface area contributed by atoms with Gasteiger partial charge < -0.3 is 14.5 Å². The molecule has 0 aliphatic carbocycles. The first-order valence-corrected chi connectivity index (χ1v) is 15.4. The van der Waals surface area contributed by atoms with Crippen molar-refractivity contribution in [3.05, 3.63) is 95.0 Å². The summed E-state index contributed by atoms with van der Waals surface area (Å²) in [5, 5.41) is 24.4. The summed E-state index contributed by atoms with van der Waals surface area (Å²) in [7, 11) is 0. The average molecular weight is 627 g/mol. The maximum atomic E-state index is 12.5. The molecule has 3 aromatic carbocycles. The maximum Gasteiger partial charge on any atom is 0.277 e. The van der Waals surface area contributed by atoms with E-state index in [1.54, 1.807) is 29.7 Å². The molecule has 4 aromatic heterocycles. The van der Waals surface area contributed by atoms with Gasteiger partial charge in [-0.1, -0.05) is 47.4 Å². The molecule has 0 aliphatic rings. The Morgan fingerprint density at radius 3 is 2.77 bits per heavy atom. The standard InChI is InChI=1S/C29H18N6O5S3/c36-26(32-28-31-21-8-6-18(35(37)38)13-25(21)43-28)15-41-29-34-33-27(40-29)14-39-22-9-10-30-20-7-5-17(11-19(20)22)24-12-16-3-1-2-4-23(16)42-24/h1-13H,14-15H2,(H,31,32,36). The van der Waals surface area contributed by atoms with Crippen molar-refractivity contribution in [3.8, 4) is 16.2 Å². The van der Waals surface area contributed by atoms with E-state index in [4.69, 9.17) is 9.15 Å². The number of amides is 1. The third kappa shape index (κ3) is 5.75. The molecule has 0 spiro atoms. The molecule has 0 aliphatic heterocycles. The summed E-state index contributed by atoms with van der Waals surface area (Å²) in [6.45, 7) is 0.0455. The van der Waals surface area contributed by atoms with Crippen molar-refractivity contribution >= 4 is 82.4 Å². The van der Waals surface area contributed by atoms with Crippen LogP contribution in [0.5, 0.6) is 5.75 Å². The summed E-state index contributed by atoms with van der Waals surface area (Å²) in [6.07, 6.45) is 1.69. The first-order valence-electron chi connectivity index (χ1n) is 12.8. The number of fused-ring (bicyclic) bond motifs is 3. The van der Waals surface area contributed by atoms with Crippen LogP contribution in [-0.2, 0) is 11.4 Å². The number of nitrogens with zero attached hydrogens (tertiary/aromatic N) is 5. The number of pyridine rings is 1. The number of benzene rings is 3. The Hall–Kier alpha value is -4.92. The van der Waals surface area contributed by atoms with Crippen molar-refractivity contribution < 1.29 is 18.9 Å². The van der Waals surface area contributed by atoms with Gasteiger partial charge in [0.05, 0.1) is 26.4 Å². The van der Waals surface area contributed by atoms with E-state index in [0.29, 0.717) is 21.1 Å². The molecule has 4 heterocycles. The number of rotatable bonds is 9. The Labute approximate surface area is 254 Å². The lowest BCUT2D eigenvalue weighted by Crippen LogP contribution is -2.13. The number of nitrogens with one attached hydrogen (secondary N) is 1. The molecule has 0 unspecified atom stereocenters. The minimum absolute atomic E-state index is 0.00800. The molecule has 11 nitrogen and oxygen atoms in total. The second-order valence-corrected chi connectivity index (χ2v) is 12.2. The summed E-state index contributed by atoms with van der Waals surface area (Å²) < 4.78 is 13.6. The van der Waals surface area contributed by atoms with E-state index in [1.165, 1.54) is 22.2 Å². The highest BCUT2D eigenvalue weighted by molar-refractivity contribution is 7.99. The van der Waals surface area contributed by atoms with Crippen molar-refractivity contribution in [2.75, 3.05) is 11.1 Å². The van der Waals surface area contributed by atoms with Gasteiger partial charge in [-0.05, 0) is 47.3 Å². The van der Waals surface area contributed by atoms with Crippen LogP contribution < -0.4 is 10.1 Å². The molecule has 43 heavy (non-hydrogen) atoms. The van der Waals surface area contributed by atoms with E-state index in [-0.39, 0.29) is 35.1 Å². The summed E-state index contributed by atoms with van der Waals surface area (Å²) in [6, 6.07) is 22.7. The largest absolute Gasteiger partial charge is 0.483 e. The van der Waals surface area contributed by atoms with Crippen molar-refractivity contribution in [2.45, 2.75) is 11.8 Å². The second-order valence-electron chi connectivity index (χ2n) is 9.20. The smallest absolute Gasteiger partial charge is 0.277 e. The van der Waals surface area contributed by atoms with Crippen LogP contribution in [0.15, 0.2) is 88.6 Å². The fraction of sp³-hybridized carbons (Fsp3) is 0.0690. The minimum Gasteiger partial charge on any atom is -0.483 e. The van der Waals surface area contributed by atoms with E-state index in [0.717, 1.165) is 44.4 Å². The average Bonchev–Trinajstić information content (AvgIpc) is 3.76. The molecule has 14 heteroatoms. The van der Waals surface area contributed by atoms with Crippen LogP contribution in [-0.4, -0.2) is 36.7 Å². The molecule has 0 saturated heterocycles. The zero-order chi connectivity index (χ0) is 29.3. The normalized spacial score (nSPS) is 11.3. The molecule has 212 valence electrons. The van der Waals surface area contributed by atoms with Gasteiger partial charge in [0.25, 0.3) is 16.8 Å². The Kier molecular flexibility index (Phi) is 7.14. The van der Waals surface area contributed by atoms with Gasteiger partial charge in [0.1, 0.15) is 5.75 Å². The van der Waals surface area contributed by atoms with E-state index >= 15 is 0 Å². The van der Waals surface area contributed by atoms with Gasteiger partial charge in [0.15, 0.2) is 11.7 Å². The van der Waals surface area contributed by atoms with Gasteiger partial charge >= 0.3 is 0 Å². The zero-order valence-corrected chi connectivity index (χ0v) is 24.4. The molecular weight excluding hydrogens is 609 g/mol. The van der Waals surface area contributed by atoms with Crippen LogP contribution in [0.25, 0.3) is 41.6 Å². The van der Waals surface area contributed by atoms with Crippen molar-refractivity contribution in [3.63, 3.8) is 0 Å². The predicted octanol–water partition coefficient (Wildman–Crippen LogP) is 7.33. The highest BCUT2D eigenvalue weighted by atomic mass is 32.2. The lowest BCUT2D eigenvalue weighted by molar-refractivity contribution is -0.384. The van der Waals surface area contributed by atoms with Crippen LogP contribution >= 0.6 is 34.4 Å². The molecular formula is C29H18N6O5S3. The number of hydrogen-bond acceptors (Lipinski definition) is 12. The number of carbonyl (C=O) groups is 1. The summed E-state index contributed by atoms with van der Waals surface area (Å²) in [5.74, 6) is 0.586. The number of anilines is 1. The monoisotopic (exact) mass is 626 g/mol. The van der Waals surface area contributed by atoms with Crippen LogP contribution in [0.3, 0.4) is 0 Å². The Morgan fingerprint density at radius 2 is 1.88 bits per heavy atom. The molecule has 7 aromatic rings. The lowest BCUT2D eigenvalue weighted by atomic mass is 10.1. The molecule has 0 bridgehead atoms. The summed E-state index contributed by atoms with van der Waals surface area (Å²) in [4.78, 5) is 32.9. The Morgan fingerprint density at radius 1 is 1.00 bits per heavy atom. The van der Waals surface area contributed by atoms with Gasteiger partial charge in [0, 0.05) is 33.3 Å². The van der Waals surface area contributed by atoms with E-state index in [9.17, 15) is 14.9 Å². The Balaban J connectivity index is 0.985. The third-order valence-corrected chi connectivity index (χ3v) is 9.28. The topological polar surface area (TPSA) is 146 Å². The van der Waals surface area contributed by atoms with E-state index < -0.39 is 4.92 Å². The number of ether oxygens (including phenoxy) is 1. The quantitative estimate of drug-likeness (QED) is 0.0981. The predicted molar refractivity (Wildman–Crippen MR) is 167 cm³/mol. The number of non-ortho nitro benzene ring substituents is 1. The number of thiazole rings is 1. The summed E-state index contributed by atoms with van der Waals surface area (Å²) in [5.41, 5.74) is 2.42. The third-order valence-electron chi connectivity index (χ3n) is 6.37. The highest BCUT2D eigenvalue weighted by Crippen LogP contribution is 2.36. The highest BCUT2D eigenvalue weighted by Gasteiger charge is 2.15. The molecule has 0 saturated carbocycles. The number of hydrogen-bond donors (Lipinski definition) is 1. The van der Waals surface area contributed by atoms with Crippen LogP contribution in [0.4, 0.5) is 10.8 Å². The number of nitro groups is 1. The first-order chi connectivity index (χ1) is 21.0. The molecule has 0 fully saturated rings. The summed E-state index contributed by atoms with van der Waals surface area (Å²) >= 11 is 3.97. The first kappa shape index (κ1) is 26.9. The van der Waals surface area contributed by atoms with Crippen LogP contribution in [0.2, 0.25) is 0 Å². The number of aromatic nitrogens is 4. The SMILES string of the molecule is O=C(CSc1nnc(COc2ccnc3ccc(-c4cc5ccccc5s4)cc23)o1)Nc1nc2ccc([N+](=O)[O-])cc2s1. The fourth-order valence-corrected chi connectivity index (χ4v) is 6.94. The number of thiophene rings is 1. The van der Waals surface area contributed by atoms with E-state index in [1.807, 2.05) is 18.2 Å². The molecule has 7 rings (SSSR count). The second kappa shape index (κ2) is 11.4. The van der Waals surface area contributed by atoms with Gasteiger partial charge in [-0.3, -0.25) is 19.9 Å². The Bertz CT molecular complexity index is 2120. The number of thioether (sulfide) groups is 1. The molecule has 0 atom stereocenters. The number of nitro benzene ring substituents is 1. The fourth-order valence-electron chi connectivity index (χ4n) is 4.38. The maximum absolute atomic E-state index is 12.5. The minimum atomic E-state index is -0.472.